The summed E-state index contributed by atoms with van der Waals surface area (Å²) in [6.45, 7) is 0.931. The number of carbonyl (C=O) groups is 2. The first-order chi connectivity index (χ1) is 16.0. The van der Waals surface area contributed by atoms with Gasteiger partial charge in [-0.25, -0.2) is 4.39 Å². The van der Waals surface area contributed by atoms with E-state index in [2.05, 4.69) is 10.6 Å². The van der Waals surface area contributed by atoms with Gasteiger partial charge in [0.2, 0.25) is 0 Å². The van der Waals surface area contributed by atoms with Crippen molar-refractivity contribution in [1.29, 1.82) is 0 Å². The number of benzene rings is 3. The zero-order chi connectivity index (χ0) is 25.0. The summed E-state index contributed by atoms with van der Waals surface area (Å²) in [5, 5.41) is 14.3. The van der Waals surface area contributed by atoms with Crippen LogP contribution in [0.1, 0.15) is 43.4 Å². The van der Waals surface area contributed by atoms with Crippen molar-refractivity contribution < 1.29 is 32.3 Å². The van der Waals surface area contributed by atoms with E-state index in [9.17, 15) is 32.3 Å². The fourth-order valence-corrected chi connectivity index (χ4v) is 3.46. The molecule has 0 fully saturated rings. The van der Waals surface area contributed by atoms with Crippen molar-refractivity contribution in [2.45, 2.75) is 19.1 Å². The number of anilines is 1. The minimum Gasteiger partial charge on any atom is -0.394 e. The number of aryl methyl sites for hydroxylation is 1. The minimum atomic E-state index is -4.54. The van der Waals surface area contributed by atoms with Crippen LogP contribution in [0.2, 0.25) is 5.02 Å². The minimum absolute atomic E-state index is 0.0915. The van der Waals surface area contributed by atoms with Crippen LogP contribution in [0.3, 0.4) is 0 Å². The van der Waals surface area contributed by atoms with E-state index in [1.165, 1.54) is 6.92 Å². The maximum Gasteiger partial charge on any atom is 0.416 e. The van der Waals surface area contributed by atoms with Crippen LogP contribution in [-0.2, 0) is 6.18 Å². The molecular weight excluding hydrogens is 476 g/mol. The van der Waals surface area contributed by atoms with Crippen molar-refractivity contribution in [2.24, 2.45) is 0 Å². The molecule has 3 aromatic carbocycles. The molecule has 0 spiro atoms. The van der Waals surface area contributed by atoms with Crippen LogP contribution in [0.5, 0.6) is 0 Å². The Bertz CT molecular complexity index is 1220. The van der Waals surface area contributed by atoms with Gasteiger partial charge in [0, 0.05) is 5.69 Å². The fraction of sp³-hybridized carbons (Fsp3) is 0.167. The second-order valence-electron chi connectivity index (χ2n) is 7.41. The quantitative estimate of drug-likeness (QED) is 0.395. The molecule has 5 nitrogen and oxygen atoms in total. The van der Waals surface area contributed by atoms with Crippen LogP contribution in [0, 0.1) is 12.7 Å². The Morgan fingerprint density at radius 3 is 2.26 bits per heavy atom. The largest absolute Gasteiger partial charge is 0.416 e. The molecule has 0 aliphatic rings. The summed E-state index contributed by atoms with van der Waals surface area (Å²) in [5.74, 6) is -2.73. The van der Waals surface area contributed by atoms with Crippen molar-refractivity contribution in [3.8, 4) is 0 Å². The topological polar surface area (TPSA) is 78.4 Å². The zero-order valence-corrected chi connectivity index (χ0v) is 18.5. The highest BCUT2D eigenvalue weighted by molar-refractivity contribution is 6.34. The maximum absolute atomic E-state index is 14.5. The molecule has 178 valence electrons. The molecule has 0 aliphatic carbocycles. The van der Waals surface area contributed by atoms with E-state index >= 15 is 0 Å². The van der Waals surface area contributed by atoms with Gasteiger partial charge in [0.25, 0.3) is 11.8 Å². The van der Waals surface area contributed by atoms with Gasteiger partial charge in [-0.05, 0) is 48.4 Å². The number of hydrogen-bond donors (Lipinski definition) is 3. The van der Waals surface area contributed by atoms with E-state index in [4.69, 9.17) is 11.6 Å². The number of halogens is 5. The van der Waals surface area contributed by atoms with Gasteiger partial charge in [-0.2, -0.15) is 13.2 Å². The van der Waals surface area contributed by atoms with Crippen LogP contribution in [0.25, 0.3) is 0 Å². The monoisotopic (exact) mass is 494 g/mol. The number of amides is 2. The second-order valence-corrected chi connectivity index (χ2v) is 7.82. The van der Waals surface area contributed by atoms with Crippen LogP contribution in [-0.4, -0.2) is 23.5 Å². The number of carbonyl (C=O) groups excluding carboxylic acids is 2. The zero-order valence-electron chi connectivity index (χ0n) is 17.7. The Kier molecular flexibility index (Phi) is 7.58. The molecule has 0 heterocycles. The molecule has 3 rings (SSSR count). The van der Waals surface area contributed by atoms with Crippen molar-refractivity contribution in [3.05, 3.63) is 99.3 Å². The molecule has 3 aromatic rings. The third kappa shape index (κ3) is 5.73. The molecule has 0 saturated carbocycles. The Hall–Kier alpha value is -3.43. The summed E-state index contributed by atoms with van der Waals surface area (Å²) in [6, 6.07) is 12.2. The first-order valence-corrected chi connectivity index (χ1v) is 10.3. The lowest BCUT2D eigenvalue weighted by molar-refractivity contribution is -0.137. The number of alkyl halides is 3. The molecule has 0 aliphatic heterocycles. The van der Waals surface area contributed by atoms with E-state index in [-0.39, 0.29) is 21.8 Å². The van der Waals surface area contributed by atoms with Gasteiger partial charge >= 0.3 is 6.18 Å². The van der Waals surface area contributed by atoms with Gasteiger partial charge in [0.05, 0.1) is 34.4 Å². The number of aliphatic hydroxyl groups excluding tert-OH is 1. The van der Waals surface area contributed by atoms with Crippen LogP contribution in [0.15, 0.2) is 60.7 Å². The molecule has 10 heteroatoms. The predicted octanol–water partition coefficient (Wildman–Crippen LogP) is 5.52. The van der Waals surface area contributed by atoms with Crippen molar-refractivity contribution in [3.63, 3.8) is 0 Å². The number of aliphatic hydroxyl groups is 1. The summed E-state index contributed by atoms with van der Waals surface area (Å²) in [5.41, 5.74) is -0.801. The Labute approximate surface area is 197 Å². The smallest absolute Gasteiger partial charge is 0.394 e. The van der Waals surface area contributed by atoms with E-state index in [0.717, 1.165) is 30.3 Å². The second kappa shape index (κ2) is 10.2. The molecular formula is C24H19ClF4N2O3. The fourth-order valence-electron chi connectivity index (χ4n) is 3.22. The number of hydrogen-bond acceptors (Lipinski definition) is 3. The highest BCUT2D eigenvalue weighted by atomic mass is 35.5. The van der Waals surface area contributed by atoms with E-state index in [0.29, 0.717) is 5.56 Å². The average Bonchev–Trinajstić information content (AvgIpc) is 2.78. The van der Waals surface area contributed by atoms with Crippen molar-refractivity contribution in [2.75, 3.05) is 11.9 Å². The van der Waals surface area contributed by atoms with Crippen molar-refractivity contribution >= 4 is 29.1 Å². The first-order valence-electron chi connectivity index (χ1n) is 9.96. The lowest BCUT2D eigenvalue weighted by Crippen LogP contribution is -2.31. The summed E-state index contributed by atoms with van der Waals surface area (Å²) in [4.78, 5) is 25.4. The molecule has 0 aromatic heterocycles. The van der Waals surface area contributed by atoms with E-state index < -0.39 is 47.6 Å². The number of rotatable bonds is 6. The Balaban J connectivity index is 1.85. The third-order valence-electron chi connectivity index (χ3n) is 5.04. The molecule has 34 heavy (non-hydrogen) atoms. The lowest BCUT2D eigenvalue weighted by Gasteiger charge is -2.18. The van der Waals surface area contributed by atoms with Gasteiger partial charge in [-0.3, -0.25) is 9.59 Å². The first kappa shape index (κ1) is 25.2. The summed E-state index contributed by atoms with van der Waals surface area (Å²) in [7, 11) is 0. The highest BCUT2D eigenvalue weighted by Gasteiger charge is 2.31. The lowest BCUT2D eigenvalue weighted by atomic mass is 10.0. The molecule has 1 atom stereocenters. The molecule has 2 amide bonds. The summed E-state index contributed by atoms with van der Waals surface area (Å²) < 4.78 is 53.1. The molecule has 0 saturated heterocycles. The van der Waals surface area contributed by atoms with Gasteiger partial charge in [-0.1, -0.05) is 41.9 Å². The summed E-state index contributed by atoms with van der Waals surface area (Å²) in [6.07, 6.45) is -4.54. The Morgan fingerprint density at radius 2 is 1.68 bits per heavy atom. The standard InChI is InChI=1S/C24H19ClF4N2O3/c1-13-9-15(24(27,28)29)7-8-20(13)30-22(33)16-10-17(19(26)11-18(16)25)23(34)31-21(12-32)14-5-3-2-4-6-14/h2-11,21,32H,12H2,1H3,(H,30,33)(H,31,34)/t21-/m0/s1. The van der Waals surface area contributed by atoms with Crippen LogP contribution < -0.4 is 10.6 Å². The highest BCUT2D eigenvalue weighted by Crippen LogP contribution is 2.32. The van der Waals surface area contributed by atoms with E-state index in [1.807, 2.05) is 0 Å². The SMILES string of the molecule is Cc1cc(C(F)(F)F)ccc1NC(=O)c1cc(C(=O)N[C@@H](CO)c2ccccc2)c(F)cc1Cl. The van der Waals surface area contributed by atoms with Gasteiger partial charge < -0.3 is 15.7 Å². The van der Waals surface area contributed by atoms with E-state index in [1.54, 1.807) is 30.3 Å². The van der Waals surface area contributed by atoms with Crippen molar-refractivity contribution in [1.82, 2.24) is 5.32 Å². The normalized spacial score (nSPS) is 12.2. The summed E-state index contributed by atoms with van der Waals surface area (Å²) >= 11 is 6.00. The number of nitrogens with one attached hydrogen (secondary N) is 2. The Morgan fingerprint density at radius 1 is 1.00 bits per heavy atom. The van der Waals surface area contributed by atoms with Gasteiger partial charge in [-0.15, -0.1) is 0 Å². The van der Waals surface area contributed by atoms with Gasteiger partial charge in [0.15, 0.2) is 0 Å². The van der Waals surface area contributed by atoms with Crippen LogP contribution >= 0.6 is 11.6 Å². The molecule has 0 bridgehead atoms. The average molecular weight is 495 g/mol. The van der Waals surface area contributed by atoms with Crippen LogP contribution in [0.4, 0.5) is 23.2 Å². The molecule has 3 N–H and O–H groups in total. The molecule has 0 unspecified atom stereocenters. The van der Waals surface area contributed by atoms with Gasteiger partial charge in [0.1, 0.15) is 5.82 Å². The molecule has 0 radical (unpaired) electrons. The third-order valence-corrected chi connectivity index (χ3v) is 5.35. The maximum atomic E-state index is 14.5. The predicted molar refractivity (Wildman–Crippen MR) is 119 cm³/mol.